The van der Waals surface area contributed by atoms with Crippen molar-refractivity contribution < 1.29 is 35.6 Å². The lowest BCUT2D eigenvalue weighted by Crippen LogP contribution is -2.52. The Kier molecular flexibility index (Phi) is 4.85. The van der Waals surface area contributed by atoms with E-state index in [4.69, 9.17) is 8.85 Å². The van der Waals surface area contributed by atoms with Gasteiger partial charge in [0.1, 0.15) is 0 Å². The van der Waals surface area contributed by atoms with E-state index >= 15 is 0 Å². The van der Waals surface area contributed by atoms with Gasteiger partial charge in [0.15, 0.2) is 23.3 Å². The van der Waals surface area contributed by atoms with Gasteiger partial charge in [-0.05, 0) is 5.56 Å². The van der Waals surface area contributed by atoms with Crippen molar-refractivity contribution in [2.45, 2.75) is 0 Å². The maximum Gasteiger partial charge on any atom is 0.533 e. The molecule has 0 unspecified atom stereocenters. The highest BCUT2D eigenvalue weighted by molar-refractivity contribution is 6.74. The summed E-state index contributed by atoms with van der Waals surface area (Å²) in [6.07, 6.45) is 0. The second-order valence-electron chi connectivity index (χ2n) is 4.51. The zero-order valence-electron chi connectivity index (χ0n) is 12.0. The van der Waals surface area contributed by atoms with Crippen molar-refractivity contribution in [3.63, 3.8) is 0 Å². The van der Waals surface area contributed by atoms with E-state index in [0.29, 0.717) is 0 Å². The highest BCUT2D eigenvalue weighted by Crippen LogP contribution is 2.31. The Morgan fingerprint density at radius 1 is 0.739 bits per heavy atom. The lowest BCUT2D eigenvalue weighted by Gasteiger charge is -2.20. The van der Waals surface area contributed by atoms with Crippen LogP contribution >= 0.6 is 0 Å². The Labute approximate surface area is 129 Å². The first-order valence-corrected chi connectivity index (χ1v) is 7.98. The Bertz CT molecular complexity index is 703. The predicted octanol–water partition coefficient (Wildman–Crippen LogP) is 2.48. The summed E-state index contributed by atoms with van der Waals surface area (Å²) in [4.78, 5) is 10.1. The van der Waals surface area contributed by atoms with Gasteiger partial charge in [0.05, 0.1) is 5.56 Å². The van der Waals surface area contributed by atoms with E-state index in [0.717, 1.165) is 12.1 Å². The minimum absolute atomic E-state index is 0.204. The second kappa shape index (κ2) is 6.36. The van der Waals surface area contributed by atoms with Gasteiger partial charge < -0.3 is 13.6 Å². The third-order valence-electron chi connectivity index (χ3n) is 3.30. The van der Waals surface area contributed by atoms with E-state index in [1.54, 1.807) is 0 Å². The summed E-state index contributed by atoms with van der Waals surface area (Å²) in [5.74, 6) is -10.1. The number of rotatable bonds is 4. The maximum absolute atomic E-state index is 13.7. The molecule has 0 atom stereocenters. The van der Waals surface area contributed by atoms with E-state index in [9.17, 15) is 26.7 Å². The molecular weight excluding hydrogens is 339 g/mol. The van der Waals surface area contributed by atoms with Crippen molar-refractivity contribution in [1.29, 1.82) is 0 Å². The molecule has 0 aliphatic heterocycles. The third kappa shape index (κ3) is 2.88. The highest BCUT2D eigenvalue weighted by atomic mass is 28.4. The zero-order chi connectivity index (χ0) is 17.4. The summed E-state index contributed by atoms with van der Waals surface area (Å²) in [5, 5.41) is 0.204. The molecule has 23 heavy (non-hydrogen) atoms. The summed E-state index contributed by atoms with van der Waals surface area (Å²) in [6.45, 7) is 0. The molecule has 1 N–H and O–H groups in total. The lowest BCUT2D eigenvalue weighted by atomic mass is 10.0. The second-order valence-corrected chi connectivity index (χ2v) is 7.07. The molecule has 9 heteroatoms. The van der Waals surface area contributed by atoms with Crippen LogP contribution in [0.25, 0.3) is 11.1 Å². The average Bonchev–Trinajstić information content (AvgIpc) is 2.58. The maximum atomic E-state index is 13.7. The van der Waals surface area contributed by atoms with E-state index in [2.05, 4.69) is 0 Å². The molecule has 0 fully saturated rings. The van der Waals surface area contributed by atoms with Crippen molar-refractivity contribution in [1.82, 2.24) is 0 Å². The zero-order valence-corrected chi connectivity index (χ0v) is 13.0. The third-order valence-corrected chi connectivity index (χ3v) is 5.47. The van der Waals surface area contributed by atoms with Crippen molar-refractivity contribution in [3.05, 3.63) is 53.4 Å². The standard InChI is InChI=1S/C14H11F5O3Si/c1-21-23(20,22-2)8-5-3-7(4-6-8)9-10(15)12(17)14(19)13(18)11(9)16/h3-6,20H,1-2H3. The molecule has 0 aliphatic carbocycles. The molecule has 0 saturated heterocycles. The van der Waals surface area contributed by atoms with Gasteiger partial charge in [-0.2, -0.15) is 0 Å². The molecule has 0 bridgehead atoms. The smallest absolute Gasteiger partial charge is 0.386 e. The Morgan fingerprint density at radius 3 is 1.52 bits per heavy atom. The topological polar surface area (TPSA) is 38.7 Å². The summed E-state index contributed by atoms with van der Waals surface area (Å²) in [6, 6.07) is 4.66. The largest absolute Gasteiger partial charge is 0.533 e. The quantitative estimate of drug-likeness (QED) is 0.399. The van der Waals surface area contributed by atoms with Crippen molar-refractivity contribution in [3.8, 4) is 11.1 Å². The van der Waals surface area contributed by atoms with Crippen LogP contribution in [0.1, 0.15) is 0 Å². The van der Waals surface area contributed by atoms with Crippen LogP contribution in [0.15, 0.2) is 24.3 Å². The van der Waals surface area contributed by atoms with Crippen LogP contribution in [0.4, 0.5) is 22.0 Å². The van der Waals surface area contributed by atoms with Crippen LogP contribution in [0.2, 0.25) is 0 Å². The summed E-state index contributed by atoms with van der Waals surface area (Å²) < 4.78 is 76.7. The molecule has 124 valence electrons. The van der Waals surface area contributed by atoms with E-state index in [-0.39, 0.29) is 10.8 Å². The van der Waals surface area contributed by atoms with Gasteiger partial charge in [0, 0.05) is 19.4 Å². The fourth-order valence-electron chi connectivity index (χ4n) is 2.02. The Balaban J connectivity index is 2.58. The molecule has 0 amide bonds. The first-order valence-electron chi connectivity index (χ1n) is 6.21. The average molecular weight is 350 g/mol. The molecular formula is C14H11F5O3Si. The van der Waals surface area contributed by atoms with Crippen molar-refractivity contribution in [2.24, 2.45) is 0 Å². The predicted molar refractivity (Wildman–Crippen MR) is 73.3 cm³/mol. The van der Waals surface area contributed by atoms with Gasteiger partial charge in [-0.3, -0.25) is 0 Å². The summed E-state index contributed by atoms with van der Waals surface area (Å²) >= 11 is 0. The first kappa shape index (κ1) is 17.5. The van der Waals surface area contributed by atoms with Crippen LogP contribution in [0.5, 0.6) is 0 Å². The van der Waals surface area contributed by atoms with Crippen LogP contribution in [0.3, 0.4) is 0 Å². The van der Waals surface area contributed by atoms with Crippen molar-refractivity contribution in [2.75, 3.05) is 14.2 Å². The van der Waals surface area contributed by atoms with E-state index in [1.165, 1.54) is 26.4 Å². The Hall–Kier alpha value is -1.81. The highest BCUT2D eigenvalue weighted by Gasteiger charge is 2.37. The fourth-order valence-corrected chi connectivity index (χ4v) is 3.25. The summed E-state index contributed by atoms with van der Waals surface area (Å²) in [5.41, 5.74) is -1.29. The van der Waals surface area contributed by atoms with Gasteiger partial charge in [0.25, 0.3) is 0 Å². The van der Waals surface area contributed by atoms with Gasteiger partial charge in [-0.15, -0.1) is 0 Å². The van der Waals surface area contributed by atoms with Crippen LogP contribution in [-0.4, -0.2) is 27.8 Å². The molecule has 0 heterocycles. The molecule has 0 radical (unpaired) electrons. The lowest BCUT2D eigenvalue weighted by molar-refractivity contribution is 0.169. The minimum atomic E-state index is -3.65. The molecule has 0 aliphatic rings. The normalized spacial score (nSPS) is 11.8. The molecule has 3 nitrogen and oxygen atoms in total. The molecule has 2 aromatic rings. The number of benzene rings is 2. The van der Waals surface area contributed by atoms with E-state index < -0.39 is 43.5 Å². The number of hydrogen-bond acceptors (Lipinski definition) is 3. The van der Waals surface area contributed by atoms with Crippen molar-refractivity contribution >= 4 is 14.0 Å². The SMILES string of the molecule is CO[Si](O)(OC)c1ccc(-c2c(F)c(F)c(F)c(F)c2F)cc1. The van der Waals surface area contributed by atoms with Gasteiger partial charge in [0.2, 0.25) is 5.82 Å². The first-order chi connectivity index (χ1) is 10.8. The van der Waals surface area contributed by atoms with Gasteiger partial charge in [-0.1, -0.05) is 24.3 Å². The van der Waals surface area contributed by atoms with E-state index in [1.807, 2.05) is 0 Å². The molecule has 2 aromatic carbocycles. The number of halogens is 5. The Morgan fingerprint density at radius 2 is 1.13 bits per heavy atom. The molecule has 0 aromatic heterocycles. The monoisotopic (exact) mass is 350 g/mol. The fraction of sp³-hybridized carbons (Fsp3) is 0.143. The van der Waals surface area contributed by atoms with Gasteiger partial charge >= 0.3 is 8.80 Å². The van der Waals surface area contributed by atoms with Crippen LogP contribution in [-0.2, 0) is 8.85 Å². The molecule has 0 saturated carbocycles. The number of hydrogen-bond donors (Lipinski definition) is 1. The van der Waals surface area contributed by atoms with Crippen LogP contribution in [0, 0.1) is 29.1 Å². The molecule has 0 spiro atoms. The summed E-state index contributed by atoms with van der Waals surface area (Å²) in [7, 11) is -1.22. The minimum Gasteiger partial charge on any atom is -0.386 e. The van der Waals surface area contributed by atoms with Gasteiger partial charge in [-0.25, -0.2) is 22.0 Å². The van der Waals surface area contributed by atoms with Crippen LogP contribution < -0.4 is 5.19 Å². The molecule has 2 rings (SSSR count).